The highest BCUT2D eigenvalue weighted by Gasteiger charge is 2.19. The van der Waals surface area contributed by atoms with Gasteiger partial charge in [0.15, 0.2) is 5.16 Å². The SMILES string of the molecule is CC(N)C(Sc1nc2ccccc2[nH]1)c1cccnc1. The number of para-hydroxylation sites is 2. The molecule has 0 bridgehead atoms. The fraction of sp³-hybridized carbons (Fsp3) is 0.200. The predicted octanol–water partition coefficient (Wildman–Crippen LogP) is 3.14. The Morgan fingerprint density at radius 2 is 2.05 bits per heavy atom. The molecule has 0 saturated carbocycles. The van der Waals surface area contributed by atoms with Crippen LogP contribution in [0.15, 0.2) is 53.9 Å². The fourth-order valence-corrected chi connectivity index (χ4v) is 3.18. The lowest BCUT2D eigenvalue weighted by Gasteiger charge is -2.18. The molecule has 0 aliphatic heterocycles. The van der Waals surface area contributed by atoms with Gasteiger partial charge in [0.1, 0.15) is 0 Å². The van der Waals surface area contributed by atoms with E-state index >= 15 is 0 Å². The minimum atomic E-state index is 0.0115. The second-order valence-electron chi connectivity index (χ2n) is 4.74. The highest BCUT2D eigenvalue weighted by molar-refractivity contribution is 7.99. The van der Waals surface area contributed by atoms with Gasteiger partial charge in [-0.3, -0.25) is 4.98 Å². The second-order valence-corrected chi connectivity index (χ2v) is 5.87. The van der Waals surface area contributed by atoms with Gasteiger partial charge in [-0.1, -0.05) is 30.0 Å². The van der Waals surface area contributed by atoms with Crippen LogP contribution in [-0.2, 0) is 0 Å². The lowest BCUT2D eigenvalue weighted by Crippen LogP contribution is -2.22. The zero-order chi connectivity index (χ0) is 13.9. The van der Waals surface area contributed by atoms with E-state index in [0.717, 1.165) is 21.8 Å². The number of aromatic nitrogens is 3. The highest BCUT2D eigenvalue weighted by Crippen LogP contribution is 2.36. The van der Waals surface area contributed by atoms with E-state index in [2.05, 4.69) is 21.0 Å². The van der Waals surface area contributed by atoms with Crippen molar-refractivity contribution >= 4 is 22.8 Å². The molecule has 0 fully saturated rings. The number of nitrogens with two attached hydrogens (primary N) is 1. The summed E-state index contributed by atoms with van der Waals surface area (Å²) >= 11 is 1.64. The number of H-pyrrole nitrogens is 1. The van der Waals surface area contributed by atoms with Crippen LogP contribution in [0.5, 0.6) is 0 Å². The van der Waals surface area contributed by atoms with E-state index < -0.39 is 0 Å². The summed E-state index contributed by atoms with van der Waals surface area (Å²) in [5.74, 6) is 0. The molecule has 0 spiro atoms. The van der Waals surface area contributed by atoms with Crippen LogP contribution in [0, 0.1) is 0 Å². The second kappa shape index (κ2) is 5.64. The predicted molar refractivity (Wildman–Crippen MR) is 82.6 cm³/mol. The van der Waals surface area contributed by atoms with Crippen LogP contribution < -0.4 is 5.73 Å². The first-order valence-electron chi connectivity index (χ1n) is 6.51. The normalized spacial score (nSPS) is 14.3. The van der Waals surface area contributed by atoms with Crippen LogP contribution in [0.2, 0.25) is 0 Å². The molecule has 2 unspecified atom stereocenters. The summed E-state index contributed by atoms with van der Waals surface area (Å²) in [4.78, 5) is 12.1. The van der Waals surface area contributed by atoms with Gasteiger partial charge in [-0.2, -0.15) is 0 Å². The van der Waals surface area contributed by atoms with Crippen molar-refractivity contribution in [1.29, 1.82) is 0 Å². The van der Waals surface area contributed by atoms with E-state index in [9.17, 15) is 0 Å². The molecule has 20 heavy (non-hydrogen) atoms. The van der Waals surface area contributed by atoms with E-state index in [4.69, 9.17) is 5.73 Å². The zero-order valence-electron chi connectivity index (χ0n) is 11.2. The first kappa shape index (κ1) is 13.1. The molecular weight excluding hydrogens is 268 g/mol. The van der Waals surface area contributed by atoms with Gasteiger partial charge in [-0.25, -0.2) is 4.98 Å². The third-order valence-corrected chi connectivity index (χ3v) is 4.47. The highest BCUT2D eigenvalue weighted by atomic mass is 32.2. The molecule has 0 aliphatic carbocycles. The standard InChI is InChI=1S/C15H16N4S/c1-10(16)14(11-5-4-8-17-9-11)20-15-18-12-6-2-3-7-13(12)19-15/h2-10,14H,16H2,1H3,(H,18,19). The van der Waals surface area contributed by atoms with Gasteiger partial charge in [0.2, 0.25) is 0 Å². The van der Waals surface area contributed by atoms with E-state index in [1.54, 1.807) is 18.0 Å². The molecule has 0 saturated heterocycles. The summed E-state index contributed by atoms with van der Waals surface area (Å²) < 4.78 is 0. The zero-order valence-corrected chi connectivity index (χ0v) is 12.0. The van der Waals surface area contributed by atoms with Crippen molar-refractivity contribution in [2.45, 2.75) is 23.4 Å². The van der Waals surface area contributed by atoms with Crippen LogP contribution in [0.25, 0.3) is 11.0 Å². The number of fused-ring (bicyclic) bond motifs is 1. The summed E-state index contributed by atoms with van der Waals surface area (Å²) in [7, 11) is 0. The van der Waals surface area contributed by atoms with E-state index in [1.807, 2.05) is 43.5 Å². The molecule has 3 aromatic rings. The number of thioether (sulfide) groups is 1. The van der Waals surface area contributed by atoms with Gasteiger partial charge in [-0.05, 0) is 30.7 Å². The average molecular weight is 284 g/mol. The number of hydrogen-bond acceptors (Lipinski definition) is 4. The molecule has 2 heterocycles. The maximum absolute atomic E-state index is 6.12. The van der Waals surface area contributed by atoms with Gasteiger partial charge in [0.25, 0.3) is 0 Å². The maximum Gasteiger partial charge on any atom is 0.167 e. The Balaban J connectivity index is 1.90. The molecule has 102 valence electrons. The maximum atomic E-state index is 6.12. The molecule has 4 nitrogen and oxygen atoms in total. The Bertz CT molecular complexity index is 660. The summed E-state index contributed by atoms with van der Waals surface area (Å²) in [6, 6.07) is 12.0. The molecule has 5 heteroatoms. The quantitative estimate of drug-likeness (QED) is 0.722. The number of nitrogens with zero attached hydrogens (tertiary/aromatic N) is 2. The number of rotatable bonds is 4. The van der Waals surface area contributed by atoms with Crippen molar-refractivity contribution in [3.63, 3.8) is 0 Å². The Hall–Kier alpha value is -1.85. The summed E-state index contributed by atoms with van der Waals surface area (Å²) in [6.45, 7) is 2.01. The first-order valence-corrected chi connectivity index (χ1v) is 7.39. The number of pyridine rings is 1. The van der Waals surface area contributed by atoms with E-state index in [0.29, 0.717) is 0 Å². The fourth-order valence-electron chi connectivity index (χ4n) is 2.13. The molecule has 1 aromatic carbocycles. The van der Waals surface area contributed by atoms with Crippen molar-refractivity contribution in [3.8, 4) is 0 Å². The largest absolute Gasteiger partial charge is 0.333 e. The molecule has 0 amide bonds. The van der Waals surface area contributed by atoms with Crippen LogP contribution in [-0.4, -0.2) is 21.0 Å². The molecule has 3 rings (SSSR count). The first-order chi connectivity index (χ1) is 9.74. The van der Waals surface area contributed by atoms with E-state index in [-0.39, 0.29) is 11.3 Å². The van der Waals surface area contributed by atoms with Crippen molar-refractivity contribution in [2.75, 3.05) is 0 Å². The van der Waals surface area contributed by atoms with Crippen LogP contribution >= 0.6 is 11.8 Å². The lowest BCUT2D eigenvalue weighted by molar-refractivity contribution is 0.716. The Morgan fingerprint density at radius 1 is 1.20 bits per heavy atom. The van der Waals surface area contributed by atoms with Gasteiger partial charge < -0.3 is 10.7 Å². The monoisotopic (exact) mass is 284 g/mol. The number of nitrogens with one attached hydrogen (secondary N) is 1. The Labute approximate surface area is 121 Å². The van der Waals surface area contributed by atoms with Crippen molar-refractivity contribution in [2.24, 2.45) is 5.73 Å². The van der Waals surface area contributed by atoms with Crippen molar-refractivity contribution in [1.82, 2.24) is 15.0 Å². The van der Waals surface area contributed by atoms with Crippen molar-refractivity contribution in [3.05, 3.63) is 54.4 Å². The van der Waals surface area contributed by atoms with Crippen LogP contribution in [0.1, 0.15) is 17.7 Å². The summed E-state index contributed by atoms with van der Waals surface area (Å²) in [5, 5.41) is 1.02. The van der Waals surface area contributed by atoms with E-state index in [1.165, 1.54) is 0 Å². The molecule has 0 radical (unpaired) electrons. The molecule has 3 N–H and O–H groups in total. The van der Waals surface area contributed by atoms with Crippen LogP contribution in [0.4, 0.5) is 0 Å². The Morgan fingerprint density at radius 3 is 2.75 bits per heavy atom. The molecular formula is C15H16N4S. The lowest BCUT2D eigenvalue weighted by atomic mass is 10.1. The molecule has 2 aromatic heterocycles. The van der Waals surface area contributed by atoms with Gasteiger partial charge in [0.05, 0.1) is 16.3 Å². The average Bonchev–Trinajstić information content (AvgIpc) is 2.88. The van der Waals surface area contributed by atoms with Crippen molar-refractivity contribution < 1.29 is 0 Å². The summed E-state index contributed by atoms with van der Waals surface area (Å²) in [5.41, 5.74) is 9.26. The minimum absolute atomic E-state index is 0.0115. The smallest absolute Gasteiger partial charge is 0.167 e. The number of imidazole rings is 1. The molecule has 2 atom stereocenters. The van der Waals surface area contributed by atoms with Gasteiger partial charge >= 0.3 is 0 Å². The summed E-state index contributed by atoms with van der Waals surface area (Å²) in [6.07, 6.45) is 3.64. The third kappa shape index (κ3) is 2.69. The number of aromatic amines is 1. The topological polar surface area (TPSA) is 67.6 Å². The number of benzene rings is 1. The van der Waals surface area contributed by atoms with Crippen LogP contribution in [0.3, 0.4) is 0 Å². The Kier molecular flexibility index (Phi) is 3.71. The number of hydrogen-bond donors (Lipinski definition) is 2. The third-order valence-electron chi connectivity index (χ3n) is 3.10. The van der Waals surface area contributed by atoms with Gasteiger partial charge in [-0.15, -0.1) is 0 Å². The minimum Gasteiger partial charge on any atom is -0.333 e. The molecule has 0 aliphatic rings. The van der Waals surface area contributed by atoms with Gasteiger partial charge in [0, 0.05) is 18.4 Å².